The molecule has 8 nitrogen and oxygen atoms in total. The number of ether oxygens (including phenoxy) is 1. The fourth-order valence-corrected chi connectivity index (χ4v) is 3.83. The zero-order valence-corrected chi connectivity index (χ0v) is 16.9. The number of amides is 1. The Balaban J connectivity index is 1.62. The average Bonchev–Trinajstić information content (AvgIpc) is 3.31. The molecule has 0 aliphatic carbocycles. The van der Waals surface area contributed by atoms with Crippen molar-refractivity contribution >= 4 is 28.6 Å². The van der Waals surface area contributed by atoms with E-state index in [0.717, 1.165) is 23.6 Å². The maximum atomic E-state index is 15.0. The van der Waals surface area contributed by atoms with Crippen molar-refractivity contribution in [2.45, 2.75) is 20.4 Å². The zero-order valence-electron chi connectivity index (χ0n) is 16.9. The lowest BCUT2D eigenvalue weighted by atomic mass is 10.0. The quantitative estimate of drug-likeness (QED) is 0.518. The smallest absolute Gasteiger partial charge is 0.222 e. The molecule has 0 saturated heterocycles. The van der Waals surface area contributed by atoms with Gasteiger partial charge in [0.15, 0.2) is 11.6 Å². The Kier molecular flexibility index (Phi) is 4.50. The molecule has 0 unspecified atom stereocenters. The van der Waals surface area contributed by atoms with Crippen LogP contribution in [0.15, 0.2) is 42.7 Å². The summed E-state index contributed by atoms with van der Waals surface area (Å²) in [4.78, 5) is 24.6. The third-order valence-corrected chi connectivity index (χ3v) is 5.06. The Morgan fingerprint density at radius 2 is 2.13 bits per heavy atom. The van der Waals surface area contributed by atoms with E-state index in [9.17, 15) is 4.79 Å². The van der Waals surface area contributed by atoms with Crippen LogP contribution >= 0.6 is 0 Å². The van der Waals surface area contributed by atoms with Gasteiger partial charge in [-0.05, 0) is 30.7 Å². The molecule has 0 saturated carbocycles. The summed E-state index contributed by atoms with van der Waals surface area (Å²) in [5, 5.41) is 6.75. The van der Waals surface area contributed by atoms with Gasteiger partial charge in [-0.3, -0.25) is 4.79 Å². The molecule has 4 heterocycles. The molecule has 9 heteroatoms. The number of nitrogens with one attached hydrogen (secondary N) is 2. The number of fused-ring (bicyclic) bond motifs is 3. The Morgan fingerprint density at radius 1 is 1.26 bits per heavy atom. The van der Waals surface area contributed by atoms with Gasteiger partial charge in [0.1, 0.15) is 23.6 Å². The zero-order chi connectivity index (χ0) is 21.5. The maximum absolute atomic E-state index is 15.0. The fourth-order valence-electron chi connectivity index (χ4n) is 3.83. The number of hydrogen-bond donors (Lipinski definition) is 2. The highest BCUT2D eigenvalue weighted by molar-refractivity contribution is 6.10. The van der Waals surface area contributed by atoms with Crippen LogP contribution in [0.4, 0.5) is 16.0 Å². The van der Waals surface area contributed by atoms with E-state index in [1.54, 1.807) is 24.3 Å². The summed E-state index contributed by atoms with van der Waals surface area (Å²) in [7, 11) is 0. The number of carbonyl (C=O) groups excluding carboxylic acids is 1. The second-order valence-electron chi connectivity index (χ2n) is 7.27. The number of hydrogen-bond acceptors (Lipinski definition) is 6. The van der Waals surface area contributed by atoms with Crippen molar-refractivity contribution in [3.8, 4) is 22.8 Å². The molecule has 0 atom stereocenters. The van der Waals surface area contributed by atoms with Crippen LogP contribution in [0.1, 0.15) is 12.6 Å². The van der Waals surface area contributed by atoms with E-state index in [0.29, 0.717) is 34.8 Å². The topological polar surface area (TPSA) is 94.0 Å². The van der Waals surface area contributed by atoms with E-state index in [1.807, 2.05) is 17.6 Å². The van der Waals surface area contributed by atoms with Crippen LogP contribution < -0.4 is 15.4 Å². The number of benzene rings is 1. The number of rotatable bonds is 4. The molecule has 156 valence electrons. The average molecular weight is 418 g/mol. The number of halogens is 1. The predicted molar refractivity (Wildman–Crippen MR) is 115 cm³/mol. The monoisotopic (exact) mass is 418 g/mol. The lowest BCUT2D eigenvalue weighted by molar-refractivity contribution is -0.114. The first kappa shape index (κ1) is 19.0. The van der Waals surface area contributed by atoms with Crippen LogP contribution in [0.3, 0.4) is 0 Å². The van der Waals surface area contributed by atoms with Crippen molar-refractivity contribution in [1.82, 2.24) is 19.5 Å². The van der Waals surface area contributed by atoms with Gasteiger partial charge in [-0.2, -0.15) is 0 Å². The van der Waals surface area contributed by atoms with Crippen LogP contribution in [0.5, 0.6) is 11.6 Å². The summed E-state index contributed by atoms with van der Waals surface area (Å²) in [5.74, 6) is 0.838. The first-order valence-corrected chi connectivity index (χ1v) is 9.81. The van der Waals surface area contributed by atoms with Gasteiger partial charge >= 0.3 is 0 Å². The highest BCUT2D eigenvalue weighted by Crippen LogP contribution is 2.43. The molecule has 5 rings (SSSR count). The van der Waals surface area contributed by atoms with Crippen molar-refractivity contribution in [2.24, 2.45) is 0 Å². The number of aromatic nitrogens is 4. The molecular weight excluding hydrogens is 399 g/mol. The van der Waals surface area contributed by atoms with Crippen LogP contribution in [0, 0.1) is 12.7 Å². The van der Waals surface area contributed by atoms with E-state index < -0.39 is 5.82 Å². The molecule has 3 aromatic heterocycles. The van der Waals surface area contributed by atoms with Crippen LogP contribution in [-0.2, 0) is 11.3 Å². The molecule has 1 aromatic carbocycles. The lowest BCUT2D eigenvalue weighted by Gasteiger charge is -2.10. The predicted octanol–water partition coefficient (Wildman–Crippen LogP) is 4.12. The van der Waals surface area contributed by atoms with Crippen molar-refractivity contribution in [3.63, 3.8) is 0 Å². The Morgan fingerprint density at radius 3 is 2.90 bits per heavy atom. The van der Waals surface area contributed by atoms with Gasteiger partial charge in [0.25, 0.3) is 0 Å². The normalized spacial score (nSPS) is 12.5. The molecule has 2 N–H and O–H groups in total. The summed E-state index contributed by atoms with van der Waals surface area (Å²) in [6.45, 7) is 4.71. The van der Waals surface area contributed by atoms with E-state index in [1.165, 1.54) is 19.3 Å². The second kappa shape index (κ2) is 7.35. The first-order chi connectivity index (χ1) is 15.0. The summed E-state index contributed by atoms with van der Waals surface area (Å²) in [6.07, 6.45) is 1.41. The van der Waals surface area contributed by atoms with Crippen molar-refractivity contribution < 1.29 is 13.9 Å². The minimum absolute atomic E-state index is 0.0771. The molecule has 4 aromatic rings. The molecule has 1 aliphatic rings. The molecule has 0 bridgehead atoms. The minimum atomic E-state index is -0.523. The third kappa shape index (κ3) is 3.33. The van der Waals surface area contributed by atoms with E-state index in [4.69, 9.17) is 4.74 Å². The SMILES string of the molecule is CC(=O)Nc1ncnc2c1c(-c1ccc(Oc3cccc(C)n3)c(F)c1)c1n2CCN1. The third-order valence-electron chi connectivity index (χ3n) is 5.06. The van der Waals surface area contributed by atoms with E-state index in [2.05, 4.69) is 25.6 Å². The Labute approximate surface area is 177 Å². The standard InChI is InChI=1S/C22H19FN6O2/c1-12-4-3-5-17(27-12)31-16-7-6-14(10-15(16)23)18-19-20(28-13(2)30)25-11-26-22(19)29-9-8-24-21(18)29/h3-7,10-11,24H,8-9H2,1-2H3,(H,25,26,28,30). The summed E-state index contributed by atoms with van der Waals surface area (Å²) in [5.41, 5.74) is 2.81. The van der Waals surface area contributed by atoms with Crippen molar-refractivity contribution in [1.29, 1.82) is 0 Å². The Hall–Kier alpha value is -4.01. The molecule has 1 amide bonds. The van der Waals surface area contributed by atoms with Gasteiger partial charge in [0, 0.05) is 37.3 Å². The van der Waals surface area contributed by atoms with Crippen molar-refractivity contribution in [3.05, 3.63) is 54.2 Å². The second-order valence-corrected chi connectivity index (χ2v) is 7.27. The molecule has 0 spiro atoms. The molecule has 31 heavy (non-hydrogen) atoms. The van der Waals surface area contributed by atoms with Gasteiger partial charge in [-0.1, -0.05) is 12.1 Å². The first-order valence-electron chi connectivity index (χ1n) is 9.81. The molecule has 1 aliphatic heterocycles. The van der Waals surface area contributed by atoms with Gasteiger partial charge < -0.3 is 19.9 Å². The van der Waals surface area contributed by atoms with Gasteiger partial charge in [-0.25, -0.2) is 19.3 Å². The number of carbonyl (C=O) groups is 1. The maximum Gasteiger partial charge on any atom is 0.222 e. The van der Waals surface area contributed by atoms with Gasteiger partial charge in [-0.15, -0.1) is 0 Å². The van der Waals surface area contributed by atoms with E-state index in [-0.39, 0.29) is 11.7 Å². The fraction of sp³-hybridized carbons (Fsp3) is 0.182. The number of pyridine rings is 1. The number of aryl methyl sites for hydroxylation is 1. The van der Waals surface area contributed by atoms with Crippen LogP contribution in [-0.4, -0.2) is 32.0 Å². The largest absolute Gasteiger partial charge is 0.436 e. The van der Waals surface area contributed by atoms with E-state index >= 15 is 4.39 Å². The Bertz CT molecular complexity index is 1330. The van der Waals surface area contributed by atoms with Gasteiger partial charge in [0.05, 0.1) is 5.39 Å². The van der Waals surface area contributed by atoms with Crippen molar-refractivity contribution in [2.75, 3.05) is 17.2 Å². The molecular formula is C22H19FN6O2. The highest BCUT2D eigenvalue weighted by Gasteiger charge is 2.26. The highest BCUT2D eigenvalue weighted by atomic mass is 19.1. The molecule has 0 radical (unpaired) electrons. The number of nitrogens with zero attached hydrogens (tertiary/aromatic N) is 4. The summed E-state index contributed by atoms with van der Waals surface area (Å²) in [6, 6.07) is 10.1. The van der Waals surface area contributed by atoms with Gasteiger partial charge in [0.2, 0.25) is 11.8 Å². The summed E-state index contributed by atoms with van der Waals surface area (Å²) < 4.78 is 22.7. The minimum Gasteiger partial charge on any atom is -0.436 e. The van der Waals surface area contributed by atoms with Crippen LogP contribution in [0.2, 0.25) is 0 Å². The number of anilines is 2. The summed E-state index contributed by atoms with van der Waals surface area (Å²) >= 11 is 0. The lowest BCUT2D eigenvalue weighted by Crippen LogP contribution is -2.08. The van der Waals surface area contributed by atoms with Crippen LogP contribution in [0.25, 0.3) is 22.2 Å². The molecule has 0 fully saturated rings.